The minimum Gasteiger partial charge on any atom is -0.381 e. The molecule has 0 unspecified atom stereocenters. The van der Waals surface area contributed by atoms with Gasteiger partial charge in [-0.1, -0.05) is 6.07 Å². The topological polar surface area (TPSA) is 95.6 Å². The van der Waals surface area contributed by atoms with E-state index in [0.717, 1.165) is 18.4 Å². The molecule has 4 rings (SSSR count). The lowest BCUT2D eigenvalue weighted by atomic mass is 10.0. The number of carbonyl (C=O) groups excluding carboxylic acids is 2. The highest BCUT2D eigenvalue weighted by atomic mass is 19.1. The van der Waals surface area contributed by atoms with Crippen molar-refractivity contribution in [2.24, 2.45) is 0 Å². The van der Waals surface area contributed by atoms with Gasteiger partial charge in [0.15, 0.2) is 0 Å². The molecule has 2 aromatic rings. The van der Waals surface area contributed by atoms with Gasteiger partial charge in [-0.25, -0.2) is 9.49 Å². The number of piperazine rings is 1. The second kappa shape index (κ2) is 9.20. The van der Waals surface area contributed by atoms with Gasteiger partial charge in [0.2, 0.25) is 5.91 Å². The molecule has 0 saturated carbocycles. The van der Waals surface area contributed by atoms with E-state index >= 15 is 0 Å². The number of hydrogen-bond donors (Lipinski definition) is 1. The third-order valence-electron chi connectivity index (χ3n) is 6.44. The van der Waals surface area contributed by atoms with Crippen molar-refractivity contribution >= 4 is 11.8 Å². The fourth-order valence-corrected chi connectivity index (χ4v) is 4.30. The van der Waals surface area contributed by atoms with Crippen LogP contribution in [-0.2, 0) is 16.0 Å². The summed E-state index contributed by atoms with van der Waals surface area (Å²) in [7, 11) is 0. The third-order valence-corrected chi connectivity index (χ3v) is 6.44. The second-order valence-corrected chi connectivity index (χ2v) is 8.40. The summed E-state index contributed by atoms with van der Waals surface area (Å²) in [6, 6.07) is 4.51. The fourth-order valence-electron chi connectivity index (χ4n) is 4.30. The highest BCUT2D eigenvalue weighted by Gasteiger charge is 2.33. The van der Waals surface area contributed by atoms with Gasteiger partial charge in [-0.2, -0.15) is 5.10 Å². The Bertz CT molecular complexity index is 1090. The van der Waals surface area contributed by atoms with Crippen LogP contribution >= 0.6 is 0 Å². The molecule has 32 heavy (non-hydrogen) atoms. The Hall–Kier alpha value is -3.07. The van der Waals surface area contributed by atoms with Gasteiger partial charge in [0, 0.05) is 44.3 Å². The highest BCUT2D eigenvalue weighted by Crippen LogP contribution is 2.21. The number of hydrogen-bond acceptors (Lipinski definition) is 5. The summed E-state index contributed by atoms with van der Waals surface area (Å²) < 4.78 is 19.9. The van der Waals surface area contributed by atoms with Gasteiger partial charge in [0.1, 0.15) is 12.4 Å². The number of carbonyl (C=O) groups is 2. The quantitative estimate of drug-likeness (QED) is 0.776. The van der Waals surface area contributed by atoms with Crippen LogP contribution in [0.5, 0.6) is 0 Å². The van der Waals surface area contributed by atoms with Crippen molar-refractivity contribution < 1.29 is 18.7 Å². The van der Waals surface area contributed by atoms with Crippen LogP contribution < -0.4 is 5.56 Å². The maximum atomic E-state index is 14.6. The average Bonchev–Trinajstić information content (AvgIpc) is 2.80. The fraction of sp³-hybridized carbons (Fsp3) is 0.478. The first-order valence-corrected chi connectivity index (χ1v) is 10.8. The molecule has 0 radical (unpaired) electrons. The highest BCUT2D eigenvalue weighted by molar-refractivity contribution is 5.97. The molecule has 1 aromatic carbocycles. The van der Waals surface area contributed by atoms with Crippen LogP contribution in [0, 0.1) is 19.7 Å². The number of H-pyrrole nitrogens is 1. The van der Waals surface area contributed by atoms with Crippen LogP contribution in [-0.4, -0.2) is 70.7 Å². The zero-order chi connectivity index (χ0) is 22.8. The van der Waals surface area contributed by atoms with E-state index < -0.39 is 11.7 Å². The van der Waals surface area contributed by atoms with E-state index in [4.69, 9.17) is 4.74 Å². The summed E-state index contributed by atoms with van der Waals surface area (Å²) in [5.41, 5.74) is 2.39. The zero-order valence-corrected chi connectivity index (χ0v) is 18.3. The summed E-state index contributed by atoms with van der Waals surface area (Å²) in [6.07, 6.45) is 1.95. The van der Waals surface area contributed by atoms with E-state index in [1.54, 1.807) is 13.0 Å². The molecule has 2 aliphatic rings. The number of rotatable bonds is 4. The monoisotopic (exact) mass is 442 g/mol. The number of nitrogens with one attached hydrogen (secondary N) is 1. The maximum absolute atomic E-state index is 14.6. The molecule has 3 heterocycles. The number of amides is 2. The van der Waals surface area contributed by atoms with Gasteiger partial charge in [-0.15, -0.1) is 0 Å². The molecule has 2 saturated heterocycles. The van der Waals surface area contributed by atoms with E-state index in [0.29, 0.717) is 49.5 Å². The first-order chi connectivity index (χ1) is 15.3. The molecule has 0 spiro atoms. The van der Waals surface area contributed by atoms with Crippen molar-refractivity contribution in [2.45, 2.75) is 39.2 Å². The smallest absolute Gasteiger partial charge is 0.267 e. The largest absolute Gasteiger partial charge is 0.381 e. The summed E-state index contributed by atoms with van der Waals surface area (Å²) in [6.45, 7) is 5.56. The molecule has 2 fully saturated rings. The molecule has 1 aromatic heterocycles. The van der Waals surface area contributed by atoms with Crippen molar-refractivity contribution in [1.29, 1.82) is 0 Å². The Morgan fingerprint density at radius 2 is 1.94 bits per heavy atom. The Kier molecular flexibility index (Phi) is 6.36. The number of ether oxygens (including phenoxy) is 1. The predicted octanol–water partition coefficient (Wildman–Crippen LogP) is 1.58. The average molecular weight is 442 g/mol. The van der Waals surface area contributed by atoms with Crippen molar-refractivity contribution in [1.82, 2.24) is 20.0 Å². The molecule has 0 aliphatic carbocycles. The van der Waals surface area contributed by atoms with Crippen molar-refractivity contribution in [3.8, 4) is 0 Å². The van der Waals surface area contributed by atoms with Gasteiger partial charge in [-0.05, 0) is 49.9 Å². The van der Waals surface area contributed by atoms with Gasteiger partial charge < -0.3 is 14.5 Å². The van der Waals surface area contributed by atoms with Crippen LogP contribution in [0.3, 0.4) is 0 Å². The predicted molar refractivity (Wildman–Crippen MR) is 115 cm³/mol. The molecule has 0 atom stereocenters. The second-order valence-electron chi connectivity index (χ2n) is 8.40. The summed E-state index contributed by atoms with van der Waals surface area (Å²) in [5, 5.41) is 6.56. The molecule has 9 heteroatoms. The summed E-state index contributed by atoms with van der Waals surface area (Å²) >= 11 is 0. The number of nitrogens with zero attached hydrogens (tertiary/aromatic N) is 3. The van der Waals surface area contributed by atoms with E-state index in [-0.39, 0.29) is 29.6 Å². The molecule has 0 bridgehead atoms. The van der Waals surface area contributed by atoms with Gasteiger partial charge in [0.25, 0.3) is 11.5 Å². The molecule has 2 amide bonds. The molecule has 8 nitrogen and oxygen atoms in total. The third kappa shape index (κ3) is 4.43. The Balaban J connectivity index is 1.49. The van der Waals surface area contributed by atoms with Gasteiger partial charge in [-0.3, -0.25) is 14.4 Å². The minimum absolute atomic E-state index is 0.0559. The standard InChI is InChI=1S/C23H27FN4O4/c1-14-15(2)22(30)26-25-20(14)12-16-3-4-19(24)18(11-16)23(31)27-7-8-28(21(29)13-27)17-5-9-32-10-6-17/h3-4,11,17H,5-10,12-13H2,1-2H3,(H,26,30). The minimum atomic E-state index is -0.625. The van der Waals surface area contributed by atoms with Gasteiger partial charge >= 0.3 is 0 Å². The number of benzene rings is 1. The van der Waals surface area contributed by atoms with Crippen molar-refractivity contribution in [3.63, 3.8) is 0 Å². The molecular formula is C23H27FN4O4. The van der Waals surface area contributed by atoms with Crippen LogP contribution in [0.15, 0.2) is 23.0 Å². The molecule has 2 aliphatic heterocycles. The van der Waals surface area contributed by atoms with E-state index in [1.807, 2.05) is 11.8 Å². The Morgan fingerprint density at radius 1 is 1.19 bits per heavy atom. The van der Waals surface area contributed by atoms with E-state index in [9.17, 15) is 18.8 Å². The van der Waals surface area contributed by atoms with E-state index in [1.165, 1.54) is 17.0 Å². The summed E-state index contributed by atoms with van der Waals surface area (Å²) in [4.78, 5) is 40.7. The van der Waals surface area contributed by atoms with Gasteiger partial charge in [0.05, 0.1) is 11.3 Å². The first kappa shape index (κ1) is 22.1. The maximum Gasteiger partial charge on any atom is 0.267 e. The van der Waals surface area contributed by atoms with Crippen LogP contribution in [0.2, 0.25) is 0 Å². The van der Waals surface area contributed by atoms with Crippen LogP contribution in [0.4, 0.5) is 4.39 Å². The molecular weight excluding hydrogens is 415 g/mol. The molecule has 170 valence electrons. The lowest BCUT2D eigenvalue weighted by Gasteiger charge is -2.40. The lowest BCUT2D eigenvalue weighted by molar-refractivity contribution is -0.139. The Labute approximate surface area is 185 Å². The van der Waals surface area contributed by atoms with Crippen molar-refractivity contribution in [3.05, 3.63) is 62.3 Å². The first-order valence-electron chi connectivity index (χ1n) is 10.8. The Morgan fingerprint density at radius 3 is 2.66 bits per heavy atom. The zero-order valence-electron chi connectivity index (χ0n) is 18.3. The van der Waals surface area contributed by atoms with Crippen LogP contribution in [0.1, 0.15) is 45.6 Å². The normalized spacial score (nSPS) is 17.7. The lowest BCUT2D eigenvalue weighted by Crippen LogP contribution is -2.56. The number of halogens is 1. The summed E-state index contributed by atoms with van der Waals surface area (Å²) in [5.74, 6) is -1.23. The SMILES string of the molecule is Cc1c(Cc2ccc(F)c(C(=O)N3CCN(C4CCOCC4)C(=O)C3)c2)n[nH]c(=O)c1C. The molecule has 1 N–H and O–H groups in total. The van der Waals surface area contributed by atoms with Crippen LogP contribution in [0.25, 0.3) is 0 Å². The number of aromatic nitrogens is 2. The van der Waals surface area contributed by atoms with E-state index in [2.05, 4.69) is 10.2 Å². The van der Waals surface area contributed by atoms with Crippen molar-refractivity contribution in [2.75, 3.05) is 32.8 Å². The number of aromatic amines is 1.